The molecule has 0 spiro atoms. The van der Waals surface area contributed by atoms with Gasteiger partial charge in [0.2, 0.25) is 5.91 Å². The Labute approximate surface area is 169 Å². The average molecular weight is 414 g/mol. The first-order valence-corrected chi connectivity index (χ1v) is 8.61. The third-order valence-corrected chi connectivity index (χ3v) is 3.85. The quantitative estimate of drug-likeness (QED) is 0.471. The smallest absolute Gasteiger partial charge is 0.387 e. The summed E-state index contributed by atoms with van der Waals surface area (Å²) in [5.41, 5.74) is 1.18. The number of anilines is 1. The number of hydrogen-bond donors (Lipinski definition) is 1. The van der Waals surface area contributed by atoms with Crippen LogP contribution in [0.4, 0.5) is 14.5 Å². The molecule has 1 amide bonds. The van der Waals surface area contributed by atoms with Gasteiger partial charge in [-0.3, -0.25) is 4.79 Å². The summed E-state index contributed by atoms with van der Waals surface area (Å²) in [5, 5.41) is 10.3. The number of nitrogens with zero attached hydrogens (tertiary/aromatic N) is 3. The van der Waals surface area contributed by atoms with Crippen LogP contribution in [-0.2, 0) is 9.53 Å². The number of rotatable bonds is 7. The normalized spacial score (nSPS) is 10.9. The second-order valence-electron chi connectivity index (χ2n) is 5.80. The van der Waals surface area contributed by atoms with Gasteiger partial charge in [-0.15, -0.1) is 5.10 Å². The van der Waals surface area contributed by atoms with Crippen LogP contribution in [-0.4, -0.2) is 40.6 Å². The Kier molecular flexibility index (Phi) is 6.48. The van der Waals surface area contributed by atoms with Gasteiger partial charge in [0.25, 0.3) is 0 Å². The fraction of sp³-hybridized carbons (Fsp3) is 0.100. The zero-order chi connectivity index (χ0) is 21.5. The van der Waals surface area contributed by atoms with E-state index in [0.717, 1.165) is 0 Å². The van der Waals surface area contributed by atoms with Crippen molar-refractivity contribution in [3.8, 4) is 11.4 Å². The molecule has 154 valence electrons. The number of nitrogens with one attached hydrogen (secondary N) is 1. The highest BCUT2D eigenvalue weighted by Crippen LogP contribution is 2.22. The predicted octanol–water partition coefficient (Wildman–Crippen LogP) is 3.31. The van der Waals surface area contributed by atoms with Crippen molar-refractivity contribution in [2.75, 3.05) is 12.4 Å². The molecule has 10 heteroatoms. The number of para-hydroxylation sites is 3. The summed E-state index contributed by atoms with van der Waals surface area (Å²) in [6.07, 6.45) is 3.91. The van der Waals surface area contributed by atoms with Crippen LogP contribution in [0.25, 0.3) is 11.8 Å². The number of amides is 1. The van der Waals surface area contributed by atoms with E-state index in [0.29, 0.717) is 16.9 Å². The van der Waals surface area contributed by atoms with Crippen molar-refractivity contribution in [3.05, 3.63) is 72.1 Å². The first kappa shape index (κ1) is 20.6. The van der Waals surface area contributed by atoms with Gasteiger partial charge in [0.05, 0.1) is 24.7 Å². The van der Waals surface area contributed by atoms with Crippen molar-refractivity contribution in [2.45, 2.75) is 6.61 Å². The molecule has 0 aliphatic heterocycles. The predicted molar refractivity (Wildman–Crippen MR) is 103 cm³/mol. The minimum atomic E-state index is -2.97. The summed E-state index contributed by atoms with van der Waals surface area (Å²) in [6.45, 7) is -2.97. The number of halogens is 2. The Morgan fingerprint density at radius 1 is 1.13 bits per heavy atom. The Bertz CT molecular complexity index is 1080. The zero-order valence-corrected chi connectivity index (χ0v) is 15.7. The maximum atomic E-state index is 12.5. The Hall–Kier alpha value is -4.08. The molecule has 30 heavy (non-hydrogen) atoms. The van der Waals surface area contributed by atoms with Gasteiger partial charge in [-0.05, 0) is 24.3 Å². The van der Waals surface area contributed by atoms with Crippen LogP contribution in [0.15, 0.2) is 60.8 Å². The first-order valence-electron chi connectivity index (χ1n) is 8.61. The van der Waals surface area contributed by atoms with Crippen molar-refractivity contribution >= 4 is 23.6 Å². The molecule has 0 bridgehead atoms. The zero-order valence-electron chi connectivity index (χ0n) is 15.7. The molecule has 1 aromatic heterocycles. The molecule has 3 aromatic rings. The summed E-state index contributed by atoms with van der Waals surface area (Å²) >= 11 is 0. The third-order valence-electron chi connectivity index (χ3n) is 3.85. The minimum absolute atomic E-state index is 0.00848. The van der Waals surface area contributed by atoms with Gasteiger partial charge >= 0.3 is 12.6 Å². The SMILES string of the molecule is COC(=O)c1cn(-c2ccccc2NC(=O)/C=C/c2ccccc2OC(F)F)nn1. The van der Waals surface area contributed by atoms with E-state index in [9.17, 15) is 18.4 Å². The molecule has 8 nitrogen and oxygen atoms in total. The van der Waals surface area contributed by atoms with E-state index in [-0.39, 0.29) is 11.4 Å². The molecule has 0 saturated heterocycles. The number of carbonyl (C=O) groups is 2. The topological polar surface area (TPSA) is 95.3 Å². The largest absolute Gasteiger partial charge is 0.464 e. The van der Waals surface area contributed by atoms with Gasteiger partial charge in [-0.1, -0.05) is 35.5 Å². The van der Waals surface area contributed by atoms with Gasteiger partial charge < -0.3 is 14.8 Å². The molecular formula is C20H16F2N4O4. The molecule has 0 aliphatic carbocycles. The van der Waals surface area contributed by atoms with Crippen LogP contribution in [0.5, 0.6) is 5.75 Å². The number of hydrogen-bond acceptors (Lipinski definition) is 6. The fourth-order valence-corrected chi connectivity index (χ4v) is 2.52. The number of methoxy groups -OCH3 is 1. The number of carbonyl (C=O) groups excluding carboxylic acids is 2. The van der Waals surface area contributed by atoms with E-state index in [4.69, 9.17) is 0 Å². The first-order chi connectivity index (χ1) is 14.5. The summed E-state index contributed by atoms with van der Waals surface area (Å²) in [6, 6.07) is 12.8. The van der Waals surface area contributed by atoms with Crippen LogP contribution in [0.3, 0.4) is 0 Å². The van der Waals surface area contributed by atoms with Crippen molar-refractivity contribution < 1.29 is 27.8 Å². The second-order valence-corrected chi connectivity index (χ2v) is 5.80. The molecule has 0 saturated carbocycles. The summed E-state index contributed by atoms with van der Waals surface area (Å²) in [7, 11) is 1.23. The monoisotopic (exact) mass is 414 g/mol. The van der Waals surface area contributed by atoms with E-state index in [1.54, 1.807) is 42.5 Å². The summed E-state index contributed by atoms with van der Waals surface area (Å²) in [4.78, 5) is 23.9. The molecule has 1 heterocycles. The Morgan fingerprint density at radius 3 is 2.63 bits per heavy atom. The Balaban J connectivity index is 1.78. The molecule has 0 atom stereocenters. The third kappa shape index (κ3) is 5.04. The molecular weight excluding hydrogens is 398 g/mol. The molecule has 2 aromatic carbocycles. The number of ether oxygens (including phenoxy) is 2. The lowest BCUT2D eigenvalue weighted by atomic mass is 10.2. The molecule has 0 radical (unpaired) electrons. The fourth-order valence-electron chi connectivity index (χ4n) is 2.52. The van der Waals surface area contributed by atoms with Gasteiger partial charge in [-0.25, -0.2) is 9.48 Å². The van der Waals surface area contributed by atoms with Crippen molar-refractivity contribution in [2.24, 2.45) is 0 Å². The second kappa shape index (κ2) is 9.41. The van der Waals surface area contributed by atoms with Gasteiger partial charge in [0.15, 0.2) is 5.69 Å². The number of benzene rings is 2. The molecule has 0 fully saturated rings. The lowest BCUT2D eigenvalue weighted by Crippen LogP contribution is -2.11. The average Bonchev–Trinajstić information content (AvgIpc) is 3.22. The maximum absolute atomic E-state index is 12.5. The van der Waals surface area contributed by atoms with E-state index in [1.807, 2.05) is 0 Å². The highest BCUT2D eigenvalue weighted by molar-refractivity contribution is 6.03. The van der Waals surface area contributed by atoms with E-state index in [1.165, 1.54) is 36.2 Å². The van der Waals surface area contributed by atoms with Crippen molar-refractivity contribution in [1.29, 1.82) is 0 Å². The Morgan fingerprint density at radius 2 is 1.87 bits per heavy atom. The van der Waals surface area contributed by atoms with Gasteiger partial charge in [0.1, 0.15) is 5.75 Å². The highest BCUT2D eigenvalue weighted by Gasteiger charge is 2.14. The number of aromatic nitrogens is 3. The number of alkyl halides is 2. The maximum Gasteiger partial charge on any atom is 0.387 e. The van der Waals surface area contributed by atoms with Gasteiger partial charge in [-0.2, -0.15) is 8.78 Å². The van der Waals surface area contributed by atoms with Crippen LogP contribution >= 0.6 is 0 Å². The molecule has 0 unspecified atom stereocenters. The van der Waals surface area contributed by atoms with Crippen LogP contribution in [0.2, 0.25) is 0 Å². The minimum Gasteiger partial charge on any atom is -0.464 e. The van der Waals surface area contributed by atoms with E-state index < -0.39 is 18.5 Å². The van der Waals surface area contributed by atoms with E-state index >= 15 is 0 Å². The number of esters is 1. The van der Waals surface area contributed by atoms with Crippen molar-refractivity contribution in [3.63, 3.8) is 0 Å². The van der Waals surface area contributed by atoms with Crippen molar-refractivity contribution in [1.82, 2.24) is 15.0 Å². The highest BCUT2D eigenvalue weighted by atomic mass is 19.3. The molecule has 0 aliphatic rings. The summed E-state index contributed by atoms with van der Waals surface area (Å²) < 4.78 is 35.3. The lowest BCUT2D eigenvalue weighted by molar-refractivity contribution is -0.111. The van der Waals surface area contributed by atoms with E-state index in [2.05, 4.69) is 25.1 Å². The van der Waals surface area contributed by atoms with Crippen LogP contribution in [0.1, 0.15) is 16.1 Å². The van der Waals surface area contributed by atoms with Crippen LogP contribution < -0.4 is 10.1 Å². The molecule has 3 rings (SSSR count). The summed E-state index contributed by atoms with van der Waals surface area (Å²) in [5.74, 6) is -1.20. The van der Waals surface area contributed by atoms with Crippen LogP contribution in [0, 0.1) is 0 Å². The van der Waals surface area contributed by atoms with Gasteiger partial charge in [0, 0.05) is 11.6 Å². The molecule has 1 N–H and O–H groups in total. The standard InChI is InChI=1S/C20H16F2N4O4/c1-29-19(28)15-12-26(25-24-15)16-8-4-3-7-14(16)23-18(27)11-10-13-6-2-5-9-17(13)30-20(21)22/h2-12,20H,1H3,(H,23,27)/b11-10+. The lowest BCUT2D eigenvalue weighted by Gasteiger charge is -2.09.